The van der Waals surface area contributed by atoms with Crippen molar-refractivity contribution in [2.45, 2.75) is 18.7 Å². The summed E-state index contributed by atoms with van der Waals surface area (Å²) in [5, 5.41) is 2.61. The van der Waals surface area contributed by atoms with Gasteiger partial charge in [-0.05, 0) is 25.5 Å². The molecule has 1 saturated heterocycles. The number of carbonyl (C=O) groups excluding carboxylic acids is 2. The Labute approximate surface area is 161 Å². The van der Waals surface area contributed by atoms with Crippen LogP contribution in [0.1, 0.15) is 11.1 Å². The highest BCUT2D eigenvalue weighted by Gasteiger charge is 2.32. The lowest BCUT2D eigenvalue weighted by Gasteiger charge is -2.31. The van der Waals surface area contributed by atoms with E-state index in [1.165, 1.54) is 9.21 Å². The van der Waals surface area contributed by atoms with E-state index in [1.54, 1.807) is 33.2 Å². The minimum atomic E-state index is -3.52. The van der Waals surface area contributed by atoms with Gasteiger partial charge in [-0.15, -0.1) is 0 Å². The molecule has 27 heavy (non-hydrogen) atoms. The molecule has 0 saturated carbocycles. The lowest BCUT2D eigenvalue weighted by molar-refractivity contribution is -0.895. The number of benzene rings is 1. The van der Waals surface area contributed by atoms with Crippen molar-refractivity contribution in [3.05, 3.63) is 29.3 Å². The van der Waals surface area contributed by atoms with Gasteiger partial charge in [0.05, 0.1) is 37.6 Å². The summed E-state index contributed by atoms with van der Waals surface area (Å²) >= 11 is 0. The molecule has 1 heterocycles. The van der Waals surface area contributed by atoms with Crippen LogP contribution in [0.4, 0.5) is 0 Å². The predicted octanol–water partition coefficient (Wildman–Crippen LogP) is -1.60. The Morgan fingerprint density at radius 3 is 2.37 bits per heavy atom. The largest absolute Gasteiger partial charge is 0.347 e. The van der Waals surface area contributed by atoms with E-state index in [0.29, 0.717) is 31.1 Å². The summed E-state index contributed by atoms with van der Waals surface area (Å²) in [7, 11) is -0.255. The first-order valence-corrected chi connectivity index (χ1v) is 10.4. The SMILES string of the molecule is Cc1ccc(S(=O)(=O)N2CC[NH+](CC(=O)NCC(=O)N(C)C)CC2)c(C)c1. The van der Waals surface area contributed by atoms with E-state index in [0.717, 1.165) is 16.0 Å². The van der Waals surface area contributed by atoms with Crippen molar-refractivity contribution in [3.63, 3.8) is 0 Å². The molecule has 1 aromatic rings. The number of carbonyl (C=O) groups is 2. The Kier molecular flexibility index (Phi) is 6.96. The topological polar surface area (TPSA) is 91.2 Å². The fraction of sp³-hybridized carbons (Fsp3) is 0.556. The maximum atomic E-state index is 12.9. The third-order valence-electron chi connectivity index (χ3n) is 4.72. The zero-order valence-electron chi connectivity index (χ0n) is 16.4. The van der Waals surface area contributed by atoms with Crippen LogP contribution < -0.4 is 10.2 Å². The third kappa shape index (κ3) is 5.50. The molecule has 2 rings (SSSR count). The zero-order chi connectivity index (χ0) is 20.2. The number of hydrogen-bond acceptors (Lipinski definition) is 4. The number of aryl methyl sites for hydroxylation is 2. The quantitative estimate of drug-likeness (QED) is 0.605. The lowest BCUT2D eigenvalue weighted by Crippen LogP contribution is -3.15. The van der Waals surface area contributed by atoms with Crippen molar-refractivity contribution < 1.29 is 22.9 Å². The molecule has 1 aliphatic rings. The predicted molar refractivity (Wildman–Crippen MR) is 102 cm³/mol. The first-order chi connectivity index (χ1) is 12.6. The van der Waals surface area contributed by atoms with Gasteiger partial charge in [-0.1, -0.05) is 17.7 Å². The highest BCUT2D eigenvalue weighted by Crippen LogP contribution is 2.20. The normalized spacial score (nSPS) is 16.1. The zero-order valence-corrected chi connectivity index (χ0v) is 17.2. The van der Waals surface area contributed by atoms with Crippen LogP contribution in [-0.4, -0.2) is 82.8 Å². The van der Waals surface area contributed by atoms with E-state index >= 15 is 0 Å². The van der Waals surface area contributed by atoms with Crippen molar-refractivity contribution in [1.82, 2.24) is 14.5 Å². The standard InChI is InChI=1S/C18H28N4O4S/c1-14-5-6-16(15(2)11-14)27(25,26)22-9-7-21(8-10-22)13-17(23)19-12-18(24)20(3)4/h5-6,11H,7-10,12-13H2,1-4H3,(H,19,23)/p+1. The Hall–Kier alpha value is -1.97. The van der Waals surface area contributed by atoms with Gasteiger partial charge in [-0.2, -0.15) is 4.31 Å². The highest BCUT2D eigenvalue weighted by molar-refractivity contribution is 7.89. The summed E-state index contributed by atoms with van der Waals surface area (Å²) in [4.78, 5) is 26.3. The second kappa shape index (κ2) is 8.81. The summed E-state index contributed by atoms with van der Waals surface area (Å²) in [5.74, 6) is -0.367. The first kappa shape index (κ1) is 21.3. The van der Waals surface area contributed by atoms with Gasteiger partial charge in [0.2, 0.25) is 15.9 Å². The second-order valence-electron chi connectivity index (χ2n) is 7.16. The van der Waals surface area contributed by atoms with Crippen LogP contribution in [0.15, 0.2) is 23.1 Å². The van der Waals surface area contributed by atoms with Crippen LogP contribution in [0.25, 0.3) is 0 Å². The molecular weight excluding hydrogens is 368 g/mol. The summed E-state index contributed by atoms with van der Waals surface area (Å²) < 4.78 is 27.3. The molecule has 1 fully saturated rings. The van der Waals surface area contributed by atoms with E-state index in [4.69, 9.17) is 0 Å². The molecule has 2 amide bonds. The summed E-state index contributed by atoms with van der Waals surface area (Å²) in [5.41, 5.74) is 1.77. The van der Waals surface area contributed by atoms with Gasteiger partial charge in [0.1, 0.15) is 0 Å². The van der Waals surface area contributed by atoms with Crippen molar-refractivity contribution >= 4 is 21.8 Å². The molecular formula is C18H29N4O4S+. The monoisotopic (exact) mass is 397 g/mol. The average Bonchev–Trinajstić information content (AvgIpc) is 2.59. The maximum Gasteiger partial charge on any atom is 0.275 e. The average molecular weight is 398 g/mol. The molecule has 0 radical (unpaired) electrons. The minimum absolute atomic E-state index is 0.0215. The van der Waals surface area contributed by atoms with Crippen molar-refractivity contribution in [2.75, 3.05) is 53.4 Å². The van der Waals surface area contributed by atoms with Gasteiger partial charge >= 0.3 is 0 Å². The van der Waals surface area contributed by atoms with Crippen LogP contribution in [0.2, 0.25) is 0 Å². The van der Waals surface area contributed by atoms with E-state index in [-0.39, 0.29) is 24.9 Å². The molecule has 1 aromatic carbocycles. The molecule has 0 bridgehead atoms. The Balaban J connectivity index is 1.89. The van der Waals surface area contributed by atoms with Gasteiger partial charge in [-0.3, -0.25) is 9.59 Å². The molecule has 1 aliphatic heterocycles. The number of hydrogen-bond donors (Lipinski definition) is 2. The summed E-state index contributed by atoms with van der Waals surface area (Å²) in [6, 6.07) is 5.34. The Morgan fingerprint density at radius 2 is 1.81 bits per heavy atom. The first-order valence-electron chi connectivity index (χ1n) is 8.99. The number of sulfonamides is 1. The Bertz CT molecular complexity index is 800. The van der Waals surface area contributed by atoms with Crippen LogP contribution in [-0.2, 0) is 19.6 Å². The van der Waals surface area contributed by atoms with Crippen LogP contribution in [0.3, 0.4) is 0 Å². The molecule has 0 unspecified atom stereocenters. The molecule has 0 aromatic heterocycles. The minimum Gasteiger partial charge on any atom is -0.347 e. The van der Waals surface area contributed by atoms with Gasteiger partial charge in [0.25, 0.3) is 5.91 Å². The highest BCUT2D eigenvalue weighted by atomic mass is 32.2. The Morgan fingerprint density at radius 1 is 1.19 bits per heavy atom. The van der Waals surface area contributed by atoms with Gasteiger partial charge < -0.3 is 15.1 Å². The molecule has 0 spiro atoms. The fourth-order valence-corrected chi connectivity index (χ4v) is 4.72. The van der Waals surface area contributed by atoms with E-state index in [1.807, 2.05) is 13.0 Å². The maximum absolute atomic E-state index is 12.9. The van der Waals surface area contributed by atoms with Crippen LogP contribution in [0.5, 0.6) is 0 Å². The van der Waals surface area contributed by atoms with E-state index < -0.39 is 10.0 Å². The molecule has 2 N–H and O–H groups in total. The fourth-order valence-electron chi connectivity index (χ4n) is 3.07. The molecule has 150 valence electrons. The van der Waals surface area contributed by atoms with Crippen LogP contribution >= 0.6 is 0 Å². The number of likely N-dealkylation sites (N-methyl/N-ethyl adjacent to an activating group) is 1. The van der Waals surface area contributed by atoms with Crippen molar-refractivity contribution in [3.8, 4) is 0 Å². The number of quaternary nitrogens is 1. The molecule has 8 nitrogen and oxygen atoms in total. The summed E-state index contributed by atoms with van der Waals surface area (Å²) in [6.45, 7) is 5.80. The summed E-state index contributed by atoms with van der Waals surface area (Å²) in [6.07, 6.45) is 0. The van der Waals surface area contributed by atoms with Crippen molar-refractivity contribution in [1.29, 1.82) is 0 Å². The van der Waals surface area contributed by atoms with Crippen LogP contribution in [0, 0.1) is 13.8 Å². The van der Waals surface area contributed by atoms with E-state index in [2.05, 4.69) is 5.32 Å². The number of rotatable bonds is 6. The number of nitrogens with one attached hydrogen (secondary N) is 2. The van der Waals surface area contributed by atoms with E-state index in [9.17, 15) is 18.0 Å². The van der Waals surface area contributed by atoms with Crippen molar-refractivity contribution in [2.24, 2.45) is 0 Å². The van der Waals surface area contributed by atoms with Gasteiger partial charge in [0.15, 0.2) is 6.54 Å². The number of nitrogens with zero attached hydrogens (tertiary/aromatic N) is 2. The third-order valence-corrected chi connectivity index (χ3v) is 6.78. The molecule has 0 aliphatic carbocycles. The second-order valence-corrected chi connectivity index (χ2v) is 9.07. The molecule has 9 heteroatoms. The lowest BCUT2D eigenvalue weighted by atomic mass is 10.2. The molecule has 0 atom stereocenters. The number of amides is 2. The number of piperazine rings is 1. The van der Waals surface area contributed by atoms with Gasteiger partial charge in [0, 0.05) is 14.1 Å². The van der Waals surface area contributed by atoms with Gasteiger partial charge in [-0.25, -0.2) is 8.42 Å². The smallest absolute Gasteiger partial charge is 0.275 e.